The minimum absolute atomic E-state index is 0.126. The molecule has 0 aromatic heterocycles. The van der Waals surface area contributed by atoms with E-state index in [1.165, 1.54) is 0 Å². The minimum atomic E-state index is -0.740. The van der Waals surface area contributed by atoms with E-state index < -0.39 is 5.43 Å². The van der Waals surface area contributed by atoms with Gasteiger partial charge >= 0.3 is 5.43 Å². The highest BCUT2D eigenvalue weighted by molar-refractivity contribution is 6.61. The number of hydrogen-bond acceptors (Lipinski definition) is 3. The maximum absolute atomic E-state index is 10.2. The van der Waals surface area contributed by atoms with Crippen molar-refractivity contribution in [3.63, 3.8) is 0 Å². The van der Waals surface area contributed by atoms with Gasteiger partial charge in [0.1, 0.15) is 6.10 Å². The molecule has 0 unspecified atom stereocenters. The van der Waals surface area contributed by atoms with E-state index in [1.807, 2.05) is 0 Å². The van der Waals surface area contributed by atoms with Crippen molar-refractivity contribution < 1.29 is 14.3 Å². The fourth-order valence-electron chi connectivity index (χ4n) is 0.935. The van der Waals surface area contributed by atoms with Crippen LogP contribution < -0.4 is 0 Å². The zero-order valence-corrected chi connectivity index (χ0v) is 6.26. The standard InChI is InChI=1S/C6H9ClO3/c7-6(8)10-5-2-1-3-9-4-5/h5H,1-4H2/t5-/m0/s1. The van der Waals surface area contributed by atoms with Crippen LogP contribution in [0.5, 0.6) is 0 Å². The van der Waals surface area contributed by atoms with Crippen LogP contribution in [0.15, 0.2) is 0 Å². The molecular formula is C6H9ClO3. The van der Waals surface area contributed by atoms with Crippen LogP contribution in [-0.4, -0.2) is 24.7 Å². The van der Waals surface area contributed by atoms with Crippen molar-refractivity contribution in [2.24, 2.45) is 0 Å². The van der Waals surface area contributed by atoms with Gasteiger partial charge in [0.15, 0.2) is 0 Å². The Labute approximate surface area is 64.3 Å². The highest BCUT2D eigenvalue weighted by atomic mass is 35.5. The molecule has 1 atom stereocenters. The van der Waals surface area contributed by atoms with Crippen molar-refractivity contribution in [3.05, 3.63) is 0 Å². The molecule has 1 aliphatic rings. The Morgan fingerprint density at radius 2 is 2.50 bits per heavy atom. The summed E-state index contributed by atoms with van der Waals surface area (Å²) in [5, 5.41) is 0. The number of carbonyl (C=O) groups excluding carboxylic acids is 1. The molecule has 1 saturated heterocycles. The zero-order chi connectivity index (χ0) is 7.40. The highest BCUT2D eigenvalue weighted by Crippen LogP contribution is 2.10. The van der Waals surface area contributed by atoms with E-state index in [0.29, 0.717) is 6.61 Å². The number of carbonyl (C=O) groups is 1. The molecule has 0 aliphatic carbocycles. The molecule has 1 aliphatic heterocycles. The monoisotopic (exact) mass is 164 g/mol. The van der Waals surface area contributed by atoms with Crippen molar-refractivity contribution in [2.75, 3.05) is 13.2 Å². The van der Waals surface area contributed by atoms with Crippen LogP contribution >= 0.6 is 11.6 Å². The summed E-state index contributed by atoms with van der Waals surface area (Å²) >= 11 is 4.99. The van der Waals surface area contributed by atoms with Crippen molar-refractivity contribution in [1.82, 2.24) is 0 Å². The zero-order valence-electron chi connectivity index (χ0n) is 5.51. The minimum Gasteiger partial charge on any atom is -0.448 e. The second-order valence-electron chi connectivity index (χ2n) is 2.19. The van der Waals surface area contributed by atoms with Crippen LogP contribution in [0.2, 0.25) is 0 Å². The van der Waals surface area contributed by atoms with Crippen molar-refractivity contribution in [2.45, 2.75) is 18.9 Å². The molecule has 0 amide bonds. The molecule has 1 heterocycles. The molecule has 0 aromatic rings. The Balaban J connectivity index is 2.19. The number of ether oxygens (including phenoxy) is 2. The van der Waals surface area contributed by atoms with Crippen LogP contribution in [0.3, 0.4) is 0 Å². The van der Waals surface area contributed by atoms with E-state index in [0.717, 1.165) is 19.4 Å². The van der Waals surface area contributed by atoms with Gasteiger partial charge in [-0.25, -0.2) is 4.79 Å². The SMILES string of the molecule is O=C(Cl)O[C@H]1CCCOC1. The lowest BCUT2D eigenvalue weighted by Crippen LogP contribution is -2.26. The Hall–Kier alpha value is -0.280. The topological polar surface area (TPSA) is 35.5 Å². The third kappa shape index (κ3) is 2.54. The van der Waals surface area contributed by atoms with Crippen LogP contribution in [-0.2, 0) is 9.47 Å². The summed E-state index contributed by atoms with van der Waals surface area (Å²) in [6, 6.07) is 0. The van der Waals surface area contributed by atoms with E-state index in [1.54, 1.807) is 0 Å². The molecule has 3 nitrogen and oxygen atoms in total. The first-order valence-corrected chi connectivity index (χ1v) is 3.60. The molecule has 0 aromatic carbocycles. The Kier molecular flexibility index (Phi) is 2.96. The second-order valence-corrected chi connectivity index (χ2v) is 2.50. The maximum atomic E-state index is 10.2. The summed E-state index contributed by atoms with van der Waals surface area (Å²) in [5.74, 6) is 0. The summed E-state index contributed by atoms with van der Waals surface area (Å²) < 4.78 is 9.74. The largest absolute Gasteiger partial charge is 0.448 e. The summed E-state index contributed by atoms with van der Waals surface area (Å²) in [7, 11) is 0. The Bertz CT molecular complexity index is 120. The molecule has 0 saturated carbocycles. The van der Waals surface area contributed by atoms with Crippen LogP contribution in [0, 0.1) is 0 Å². The van der Waals surface area contributed by atoms with Gasteiger partial charge in [0.25, 0.3) is 0 Å². The van der Waals surface area contributed by atoms with Gasteiger partial charge in [-0.05, 0) is 12.8 Å². The normalized spacial score (nSPS) is 25.9. The lowest BCUT2D eigenvalue weighted by molar-refractivity contribution is -0.00895. The molecule has 0 bridgehead atoms. The fraction of sp³-hybridized carbons (Fsp3) is 0.833. The van der Waals surface area contributed by atoms with Gasteiger partial charge in [-0.2, -0.15) is 0 Å². The Morgan fingerprint density at radius 1 is 1.70 bits per heavy atom. The first-order chi connectivity index (χ1) is 4.79. The highest BCUT2D eigenvalue weighted by Gasteiger charge is 2.16. The van der Waals surface area contributed by atoms with Crippen molar-refractivity contribution in [3.8, 4) is 0 Å². The maximum Gasteiger partial charge on any atom is 0.404 e. The molecule has 1 fully saturated rings. The lowest BCUT2D eigenvalue weighted by Gasteiger charge is -2.20. The molecule has 0 spiro atoms. The van der Waals surface area contributed by atoms with E-state index in [4.69, 9.17) is 21.1 Å². The van der Waals surface area contributed by atoms with Gasteiger partial charge in [-0.1, -0.05) is 0 Å². The first kappa shape index (κ1) is 7.82. The van der Waals surface area contributed by atoms with E-state index in [2.05, 4.69) is 0 Å². The fourth-order valence-corrected chi connectivity index (χ4v) is 1.06. The molecule has 58 valence electrons. The van der Waals surface area contributed by atoms with E-state index in [9.17, 15) is 4.79 Å². The van der Waals surface area contributed by atoms with Crippen molar-refractivity contribution >= 4 is 17.0 Å². The quantitative estimate of drug-likeness (QED) is 0.552. The van der Waals surface area contributed by atoms with Crippen LogP contribution in [0.1, 0.15) is 12.8 Å². The predicted molar refractivity (Wildman–Crippen MR) is 36.2 cm³/mol. The van der Waals surface area contributed by atoms with Gasteiger partial charge in [-0.15, -0.1) is 0 Å². The lowest BCUT2D eigenvalue weighted by atomic mass is 10.2. The van der Waals surface area contributed by atoms with Gasteiger partial charge in [0.2, 0.25) is 0 Å². The number of halogens is 1. The smallest absolute Gasteiger partial charge is 0.404 e. The molecule has 10 heavy (non-hydrogen) atoms. The molecule has 0 N–H and O–H groups in total. The summed E-state index contributed by atoms with van der Waals surface area (Å²) in [5.41, 5.74) is -0.740. The average molecular weight is 165 g/mol. The predicted octanol–water partition coefficient (Wildman–Crippen LogP) is 1.54. The first-order valence-electron chi connectivity index (χ1n) is 3.23. The summed E-state index contributed by atoms with van der Waals surface area (Å²) in [6.07, 6.45) is 1.67. The van der Waals surface area contributed by atoms with Crippen molar-refractivity contribution in [1.29, 1.82) is 0 Å². The average Bonchev–Trinajstić information content (AvgIpc) is 1.88. The third-order valence-corrected chi connectivity index (χ3v) is 1.47. The molecule has 0 radical (unpaired) electrons. The van der Waals surface area contributed by atoms with Crippen LogP contribution in [0.4, 0.5) is 4.79 Å². The molecule has 1 rings (SSSR count). The summed E-state index contributed by atoms with van der Waals surface area (Å²) in [6.45, 7) is 1.24. The molecule has 4 heteroatoms. The van der Waals surface area contributed by atoms with Gasteiger partial charge < -0.3 is 9.47 Å². The summed E-state index contributed by atoms with van der Waals surface area (Å²) in [4.78, 5) is 10.2. The van der Waals surface area contributed by atoms with Gasteiger partial charge in [0, 0.05) is 18.2 Å². The number of rotatable bonds is 1. The number of hydrogen-bond donors (Lipinski definition) is 0. The van der Waals surface area contributed by atoms with E-state index in [-0.39, 0.29) is 6.10 Å². The molecular weight excluding hydrogens is 156 g/mol. The van der Waals surface area contributed by atoms with Crippen LogP contribution in [0.25, 0.3) is 0 Å². The Morgan fingerprint density at radius 3 is 3.00 bits per heavy atom. The van der Waals surface area contributed by atoms with Gasteiger partial charge in [0.05, 0.1) is 6.61 Å². The second kappa shape index (κ2) is 3.78. The van der Waals surface area contributed by atoms with E-state index >= 15 is 0 Å². The third-order valence-electron chi connectivity index (χ3n) is 1.38. The van der Waals surface area contributed by atoms with Gasteiger partial charge in [-0.3, -0.25) is 0 Å².